The van der Waals surface area contributed by atoms with Crippen LogP contribution in [0.1, 0.15) is 36.2 Å². The summed E-state index contributed by atoms with van der Waals surface area (Å²) in [5.74, 6) is 1.01. The van der Waals surface area contributed by atoms with E-state index in [1.165, 1.54) is 12.1 Å². The van der Waals surface area contributed by atoms with Gasteiger partial charge >= 0.3 is 0 Å². The molecule has 7 heteroatoms. The summed E-state index contributed by atoms with van der Waals surface area (Å²) in [5.41, 5.74) is 1.29. The number of likely N-dealkylation sites (tertiary alicyclic amines) is 1. The standard InChI is InChI=1S/C18H22FN5O/c1-3-18-21-17(22-25-18)12-23(2)16-6-7-24(11-16)10-13-4-5-15(19)8-14(13)9-20/h4-5,8,16H,3,6-7,10-12H2,1-2H3/t16-/m1/s1. The Morgan fingerprint density at radius 3 is 3.04 bits per heavy atom. The zero-order chi connectivity index (χ0) is 17.8. The van der Waals surface area contributed by atoms with Gasteiger partial charge in [0.2, 0.25) is 5.89 Å². The van der Waals surface area contributed by atoms with Gasteiger partial charge in [0.15, 0.2) is 5.82 Å². The van der Waals surface area contributed by atoms with Crippen molar-refractivity contribution in [3.8, 4) is 6.07 Å². The summed E-state index contributed by atoms with van der Waals surface area (Å²) in [7, 11) is 2.06. The Hall–Kier alpha value is -2.30. The van der Waals surface area contributed by atoms with Gasteiger partial charge in [-0.1, -0.05) is 18.1 Å². The first kappa shape index (κ1) is 17.5. The molecule has 1 aromatic carbocycles. The predicted octanol–water partition coefficient (Wildman–Crippen LogP) is 2.35. The van der Waals surface area contributed by atoms with E-state index >= 15 is 0 Å². The first-order valence-electron chi connectivity index (χ1n) is 8.51. The van der Waals surface area contributed by atoms with Crippen LogP contribution in [-0.4, -0.2) is 46.1 Å². The second-order valence-electron chi connectivity index (χ2n) is 6.46. The van der Waals surface area contributed by atoms with Crippen LogP contribution in [0, 0.1) is 17.1 Å². The number of hydrogen-bond donors (Lipinski definition) is 0. The second kappa shape index (κ2) is 7.72. The lowest BCUT2D eigenvalue weighted by atomic mass is 10.1. The molecule has 132 valence electrons. The lowest BCUT2D eigenvalue weighted by Crippen LogP contribution is -2.34. The fourth-order valence-corrected chi connectivity index (χ4v) is 3.20. The molecule has 0 spiro atoms. The van der Waals surface area contributed by atoms with Crippen LogP contribution in [0.2, 0.25) is 0 Å². The van der Waals surface area contributed by atoms with Crippen molar-refractivity contribution >= 4 is 0 Å². The fraction of sp³-hybridized carbons (Fsp3) is 0.500. The summed E-state index contributed by atoms with van der Waals surface area (Å²) in [6.45, 7) is 5.15. The Morgan fingerprint density at radius 2 is 2.32 bits per heavy atom. The van der Waals surface area contributed by atoms with Gasteiger partial charge in [0.1, 0.15) is 5.82 Å². The molecule has 1 aliphatic heterocycles. The molecule has 2 aromatic rings. The molecule has 0 unspecified atom stereocenters. The number of nitrogens with zero attached hydrogens (tertiary/aromatic N) is 5. The maximum atomic E-state index is 13.3. The van der Waals surface area contributed by atoms with Gasteiger partial charge in [-0.2, -0.15) is 10.2 Å². The van der Waals surface area contributed by atoms with Gasteiger partial charge in [-0.15, -0.1) is 0 Å². The predicted molar refractivity (Wildman–Crippen MR) is 89.9 cm³/mol. The summed E-state index contributed by atoms with van der Waals surface area (Å²) in [6, 6.07) is 6.90. The average Bonchev–Trinajstić information content (AvgIpc) is 3.25. The Balaban J connectivity index is 1.57. The summed E-state index contributed by atoms with van der Waals surface area (Å²) in [5, 5.41) is 13.2. The summed E-state index contributed by atoms with van der Waals surface area (Å²) < 4.78 is 18.4. The minimum atomic E-state index is -0.370. The van der Waals surface area contributed by atoms with E-state index in [1.807, 2.05) is 6.92 Å². The van der Waals surface area contributed by atoms with Crippen molar-refractivity contribution in [1.29, 1.82) is 5.26 Å². The third kappa shape index (κ3) is 4.21. The molecule has 0 saturated carbocycles. The largest absolute Gasteiger partial charge is 0.339 e. The lowest BCUT2D eigenvalue weighted by Gasteiger charge is -2.23. The second-order valence-corrected chi connectivity index (χ2v) is 6.46. The number of benzene rings is 1. The number of halogens is 1. The Morgan fingerprint density at radius 1 is 1.48 bits per heavy atom. The van der Waals surface area contributed by atoms with Crippen LogP contribution in [0.25, 0.3) is 0 Å². The minimum Gasteiger partial charge on any atom is -0.339 e. The Labute approximate surface area is 146 Å². The summed E-state index contributed by atoms with van der Waals surface area (Å²) >= 11 is 0. The molecule has 0 N–H and O–H groups in total. The van der Waals surface area contributed by atoms with E-state index in [2.05, 4.69) is 33.1 Å². The smallest absolute Gasteiger partial charge is 0.226 e. The molecule has 0 bridgehead atoms. The number of hydrogen-bond acceptors (Lipinski definition) is 6. The summed E-state index contributed by atoms with van der Waals surface area (Å²) in [6.07, 6.45) is 1.78. The maximum Gasteiger partial charge on any atom is 0.226 e. The Bertz CT molecular complexity index is 769. The van der Waals surface area contributed by atoms with Crippen LogP contribution in [-0.2, 0) is 19.5 Å². The zero-order valence-corrected chi connectivity index (χ0v) is 14.6. The third-order valence-electron chi connectivity index (χ3n) is 4.66. The van der Waals surface area contributed by atoms with Crippen LogP contribution < -0.4 is 0 Å². The quantitative estimate of drug-likeness (QED) is 0.802. The molecule has 1 aliphatic rings. The van der Waals surface area contributed by atoms with Crippen molar-refractivity contribution in [2.75, 3.05) is 20.1 Å². The van der Waals surface area contributed by atoms with Crippen LogP contribution >= 0.6 is 0 Å². The van der Waals surface area contributed by atoms with Crippen molar-refractivity contribution < 1.29 is 8.91 Å². The number of aryl methyl sites for hydroxylation is 1. The average molecular weight is 343 g/mol. The van der Waals surface area contributed by atoms with Gasteiger partial charge in [0.25, 0.3) is 0 Å². The van der Waals surface area contributed by atoms with Crippen molar-refractivity contribution in [3.63, 3.8) is 0 Å². The van der Waals surface area contributed by atoms with E-state index < -0.39 is 0 Å². The topological polar surface area (TPSA) is 69.2 Å². The number of rotatable bonds is 6. The summed E-state index contributed by atoms with van der Waals surface area (Å²) in [4.78, 5) is 8.88. The fourth-order valence-electron chi connectivity index (χ4n) is 3.20. The van der Waals surface area contributed by atoms with E-state index in [0.29, 0.717) is 36.4 Å². The first-order valence-corrected chi connectivity index (χ1v) is 8.51. The highest BCUT2D eigenvalue weighted by Gasteiger charge is 2.27. The molecular weight excluding hydrogens is 321 g/mol. The molecule has 1 fully saturated rings. The highest BCUT2D eigenvalue weighted by Crippen LogP contribution is 2.20. The molecule has 0 aliphatic carbocycles. The normalized spacial score (nSPS) is 18.0. The van der Waals surface area contributed by atoms with E-state index in [1.54, 1.807) is 6.07 Å². The molecule has 3 rings (SSSR count). The van der Waals surface area contributed by atoms with Crippen LogP contribution in [0.5, 0.6) is 0 Å². The molecule has 2 heterocycles. The van der Waals surface area contributed by atoms with Gasteiger partial charge in [-0.25, -0.2) is 4.39 Å². The van der Waals surface area contributed by atoms with Gasteiger partial charge in [0, 0.05) is 32.1 Å². The van der Waals surface area contributed by atoms with Gasteiger partial charge in [-0.05, 0) is 31.2 Å². The van der Waals surface area contributed by atoms with E-state index in [-0.39, 0.29) is 5.82 Å². The molecule has 0 amide bonds. The molecule has 6 nitrogen and oxygen atoms in total. The van der Waals surface area contributed by atoms with Crippen molar-refractivity contribution in [3.05, 3.63) is 46.9 Å². The van der Waals surface area contributed by atoms with Crippen LogP contribution in [0.3, 0.4) is 0 Å². The van der Waals surface area contributed by atoms with E-state index in [4.69, 9.17) is 4.52 Å². The van der Waals surface area contributed by atoms with Gasteiger partial charge in [-0.3, -0.25) is 9.80 Å². The van der Waals surface area contributed by atoms with E-state index in [9.17, 15) is 9.65 Å². The third-order valence-corrected chi connectivity index (χ3v) is 4.66. The van der Waals surface area contributed by atoms with Crippen molar-refractivity contribution in [2.24, 2.45) is 0 Å². The van der Waals surface area contributed by atoms with Crippen LogP contribution in [0.15, 0.2) is 22.7 Å². The van der Waals surface area contributed by atoms with E-state index in [0.717, 1.165) is 31.5 Å². The van der Waals surface area contributed by atoms with Crippen molar-refractivity contribution in [1.82, 2.24) is 19.9 Å². The number of likely N-dealkylation sites (N-methyl/N-ethyl adjacent to an activating group) is 1. The minimum absolute atomic E-state index is 0.370. The molecule has 25 heavy (non-hydrogen) atoms. The first-order chi connectivity index (χ1) is 12.1. The lowest BCUT2D eigenvalue weighted by molar-refractivity contribution is 0.216. The number of nitriles is 1. The van der Waals surface area contributed by atoms with Crippen molar-refractivity contribution in [2.45, 2.75) is 38.9 Å². The monoisotopic (exact) mass is 343 g/mol. The molecule has 1 atom stereocenters. The SMILES string of the molecule is CCc1nc(CN(C)[C@@H]2CCN(Cc3ccc(F)cc3C#N)C2)no1. The number of aromatic nitrogens is 2. The molecule has 1 saturated heterocycles. The molecule has 0 radical (unpaired) electrons. The highest BCUT2D eigenvalue weighted by molar-refractivity contribution is 5.37. The zero-order valence-electron chi connectivity index (χ0n) is 14.6. The van der Waals surface area contributed by atoms with Crippen LogP contribution in [0.4, 0.5) is 4.39 Å². The van der Waals surface area contributed by atoms with Gasteiger partial charge < -0.3 is 4.52 Å². The molecule has 1 aromatic heterocycles. The van der Waals surface area contributed by atoms with Gasteiger partial charge in [0.05, 0.1) is 18.2 Å². The Kier molecular flexibility index (Phi) is 5.41. The molecular formula is C18H22FN5O. The maximum absolute atomic E-state index is 13.3. The highest BCUT2D eigenvalue weighted by atomic mass is 19.1.